The van der Waals surface area contributed by atoms with Crippen molar-refractivity contribution in [2.24, 2.45) is 0 Å². The molecule has 0 saturated heterocycles. The van der Waals surface area contributed by atoms with E-state index >= 15 is 0 Å². The summed E-state index contributed by atoms with van der Waals surface area (Å²) in [6.45, 7) is 3.64. The molecule has 0 aromatic rings. The molecule has 20 valence electrons. The third-order valence-electron chi connectivity index (χ3n) is 0.241. The molecule has 1 rings (SSSR count). The van der Waals surface area contributed by atoms with Crippen molar-refractivity contribution in [1.82, 2.24) is 0 Å². The maximum atomic E-state index is 3.64. The second-order valence-electron chi connectivity index (χ2n) is 0.616. The van der Waals surface area contributed by atoms with Crippen molar-refractivity contribution in [2.75, 3.05) is 0 Å². The minimum atomic E-state index is 1.36. The Morgan fingerprint density at radius 1 is 1.50 bits per heavy atom. The van der Waals surface area contributed by atoms with Crippen molar-refractivity contribution in [3.63, 3.8) is 0 Å². The van der Waals surface area contributed by atoms with E-state index in [2.05, 4.69) is 6.58 Å². The smallest absolute Gasteiger partial charge is 0.0310 e. The van der Waals surface area contributed by atoms with Crippen LogP contribution in [0.3, 0.4) is 0 Å². The van der Waals surface area contributed by atoms with E-state index in [1.165, 1.54) is 20.8 Å². The molecule has 1 heterocycles. The second kappa shape index (κ2) is 0.641. The predicted octanol–water partition coefficient (Wildman–Crippen LogP) is 2.28. The van der Waals surface area contributed by atoms with Crippen LogP contribution in [0.1, 0.15) is 0 Å². The van der Waals surface area contributed by atoms with Crippen LogP contribution in [-0.4, -0.2) is 0 Å². The van der Waals surface area contributed by atoms with Crippen LogP contribution in [0.15, 0.2) is 11.6 Å². The Balaban J connectivity index is 2.80. The molecule has 0 bridgehead atoms. The van der Waals surface area contributed by atoms with Gasteiger partial charge in [0, 0.05) is 5.06 Å². The molecule has 0 nitrogen and oxygen atoms in total. The van der Waals surface area contributed by atoms with Crippen LogP contribution in [0.25, 0.3) is 0 Å². The monoisotopic (exact) mass is 88.0 g/mol. The third kappa shape index (κ3) is 0.377. The first kappa shape index (κ1) is 2.57. The molecule has 0 N–H and O–H groups in total. The van der Waals surface area contributed by atoms with E-state index in [1.54, 1.807) is 0 Å². The zero-order chi connectivity index (χ0) is 2.99. The van der Waals surface area contributed by atoms with Gasteiger partial charge < -0.3 is 0 Å². The van der Waals surface area contributed by atoms with Gasteiger partial charge in [0.25, 0.3) is 0 Å². The molecular formula is C2H2P2. The third-order valence-corrected chi connectivity index (χ3v) is 2.17. The number of hydrogen-bond donors (Lipinski definition) is 0. The number of hydrogen-bond acceptors (Lipinski definition) is 0. The SMILES string of the molecule is C=C1P=P1. The molecule has 1 aliphatic rings. The maximum Gasteiger partial charge on any atom is 0.0310 e. The van der Waals surface area contributed by atoms with Gasteiger partial charge in [0.15, 0.2) is 0 Å². The first-order valence-corrected chi connectivity index (χ1v) is 3.50. The fourth-order valence-corrected chi connectivity index (χ4v) is 0.318. The van der Waals surface area contributed by atoms with Gasteiger partial charge in [0.05, 0.1) is 0 Å². The van der Waals surface area contributed by atoms with Crippen LogP contribution >= 0.6 is 15.7 Å². The average Bonchev–Trinajstić information content (AvgIpc) is 1.75. The summed E-state index contributed by atoms with van der Waals surface area (Å²) in [6.07, 6.45) is 0. The molecule has 0 amide bonds. The van der Waals surface area contributed by atoms with E-state index in [1.807, 2.05) is 0 Å². The molecule has 0 unspecified atom stereocenters. The first-order valence-electron chi connectivity index (χ1n) is 1.00. The number of rotatable bonds is 0. The molecule has 0 aliphatic carbocycles. The molecule has 4 heavy (non-hydrogen) atoms. The van der Waals surface area contributed by atoms with Crippen molar-refractivity contribution >= 4 is 15.7 Å². The highest BCUT2D eigenvalue weighted by molar-refractivity contribution is 8.08. The van der Waals surface area contributed by atoms with E-state index in [-0.39, 0.29) is 0 Å². The summed E-state index contributed by atoms with van der Waals surface area (Å²) in [6, 6.07) is 0. The quantitative estimate of drug-likeness (QED) is 0.398. The second-order valence-corrected chi connectivity index (χ2v) is 3.65. The average molecular weight is 88.0 g/mol. The standard InChI is InChI=1S/C2H2P2/c1-2-3-4-2/h1H2. The molecule has 0 aromatic carbocycles. The first-order chi connectivity index (χ1) is 1.89. The molecular weight excluding hydrogens is 86.0 g/mol. The summed E-state index contributed by atoms with van der Waals surface area (Å²) < 4.78 is 0. The van der Waals surface area contributed by atoms with Gasteiger partial charge in [-0.2, -0.15) is 0 Å². The summed E-state index contributed by atoms with van der Waals surface area (Å²) in [5.74, 6) is 0. The molecule has 0 saturated carbocycles. The Morgan fingerprint density at radius 2 is 1.75 bits per heavy atom. The van der Waals surface area contributed by atoms with Crippen LogP contribution in [0.4, 0.5) is 0 Å². The lowest BCUT2D eigenvalue weighted by Crippen LogP contribution is -1.03. The van der Waals surface area contributed by atoms with Gasteiger partial charge in [0.1, 0.15) is 0 Å². The lowest BCUT2D eigenvalue weighted by molar-refractivity contribution is 2.58. The van der Waals surface area contributed by atoms with Gasteiger partial charge >= 0.3 is 0 Å². The van der Waals surface area contributed by atoms with Gasteiger partial charge in [-0.05, 0) is 15.7 Å². The minimum absolute atomic E-state index is 1.36. The van der Waals surface area contributed by atoms with E-state index in [9.17, 15) is 0 Å². The zero-order valence-electron chi connectivity index (χ0n) is 2.10. The van der Waals surface area contributed by atoms with Gasteiger partial charge in [0.2, 0.25) is 0 Å². The van der Waals surface area contributed by atoms with E-state index < -0.39 is 0 Å². The molecule has 0 fully saturated rings. The van der Waals surface area contributed by atoms with Crippen LogP contribution < -0.4 is 0 Å². The van der Waals surface area contributed by atoms with E-state index in [0.29, 0.717) is 0 Å². The van der Waals surface area contributed by atoms with Gasteiger partial charge in [-0.25, -0.2) is 0 Å². The van der Waals surface area contributed by atoms with Crippen molar-refractivity contribution in [3.05, 3.63) is 11.6 Å². The highest BCUT2D eigenvalue weighted by atomic mass is 31.8. The van der Waals surface area contributed by atoms with Gasteiger partial charge in [-0.1, -0.05) is 6.58 Å². The minimum Gasteiger partial charge on any atom is -0.0818 e. The molecule has 1 aliphatic heterocycles. The van der Waals surface area contributed by atoms with E-state index in [0.717, 1.165) is 0 Å². The lowest BCUT2D eigenvalue weighted by atomic mass is 11.3. The summed E-state index contributed by atoms with van der Waals surface area (Å²) in [4.78, 5) is 0. The Morgan fingerprint density at radius 3 is 1.75 bits per heavy atom. The van der Waals surface area contributed by atoms with Crippen molar-refractivity contribution in [2.45, 2.75) is 0 Å². The maximum absolute atomic E-state index is 3.64. The molecule has 0 aromatic heterocycles. The highest BCUT2D eigenvalue weighted by Gasteiger charge is 1.91. The molecule has 0 radical (unpaired) electrons. The van der Waals surface area contributed by atoms with Crippen molar-refractivity contribution < 1.29 is 0 Å². The topological polar surface area (TPSA) is 0 Å². The van der Waals surface area contributed by atoms with Crippen LogP contribution in [0.5, 0.6) is 0 Å². The van der Waals surface area contributed by atoms with Gasteiger partial charge in [-0.3, -0.25) is 0 Å². The van der Waals surface area contributed by atoms with Crippen LogP contribution in [0.2, 0.25) is 0 Å². The predicted molar refractivity (Wildman–Crippen MR) is 23.0 cm³/mol. The summed E-state index contributed by atoms with van der Waals surface area (Å²) in [5.41, 5.74) is 0. The van der Waals surface area contributed by atoms with E-state index in [4.69, 9.17) is 0 Å². The Hall–Kier alpha value is 0.340. The van der Waals surface area contributed by atoms with Gasteiger partial charge in [-0.15, -0.1) is 0 Å². The Kier molecular flexibility index (Phi) is 0.412. The molecule has 0 spiro atoms. The fourth-order valence-electron chi connectivity index (χ4n) is 0.0354. The lowest BCUT2D eigenvalue weighted by Gasteiger charge is -1.35. The largest absolute Gasteiger partial charge is 0.0818 e. The zero-order valence-corrected chi connectivity index (χ0v) is 3.89. The van der Waals surface area contributed by atoms with Crippen molar-refractivity contribution in [1.29, 1.82) is 0 Å². The normalized spacial score (nSPS) is 25.5. The highest BCUT2D eigenvalue weighted by Crippen LogP contribution is 2.50. The fraction of sp³-hybridized carbons (Fsp3) is 0. The van der Waals surface area contributed by atoms with Crippen LogP contribution in [0, 0.1) is 0 Å². The molecule has 0 atom stereocenters. The Bertz CT molecular complexity index is 64.1. The summed E-state index contributed by atoms with van der Waals surface area (Å²) in [5, 5.41) is 1.36. The molecule has 2 heteroatoms. The van der Waals surface area contributed by atoms with Crippen molar-refractivity contribution in [3.8, 4) is 0 Å². The van der Waals surface area contributed by atoms with Crippen LogP contribution in [-0.2, 0) is 0 Å². The summed E-state index contributed by atoms with van der Waals surface area (Å²) in [7, 11) is 2.89. The Labute approximate surface area is 28.3 Å². The summed E-state index contributed by atoms with van der Waals surface area (Å²) >= 11 is 0.